The van der Waals surface area contributed by atoms with Gasteiger partial charge in [-0.2, -0.15) is 11.8 Å². The molecule has 0 saturated carbocycles. The summed E-state index contributed by atoms with van der Waals surface area (Å²) in [5.74, 6) is 0.165. The first kappa shape index (κ1) is 13.8. The van der Waals surface area contributed by atoms with Crippen molar-refractivity contribution in [3.8, 4) is 0 Å². The van der Waals surface area contributed by atoms with Crippen molar-refractivity contribution in [2.75, 3.05) is 12.3 Å². The van der Waals surface area contributed by atoms with Crippen LogP contribution in [0.3, 0.4) is 0 Å². The lowest BCUT2D eigenvalue weighted by Crippen LogP contribution is -2.38. The van der Waals surface area contributed by atoms with Crippen molar-refractivity contribution in [2.24, 2.45) is 0 Å². The van der Waals surface area contributed by atoms with Gasteiger partial charge in [0.15, 0.2) is 0 Å². The molecule has 0 radical (unpaired) electrons. The first-order valence-corrected chi connectivity index (χ1v) is 7.38. The Morgan fingerprint density at radius 3 is 2.56 bits per heavy atom. The summed E-state index contributed by atoms with van der Waals surface area (Å²) in [4.78, 5) is 0. The molecule has 0 spiro atoms. The molecule has 1 nitrogen and oxygen atoms in total. The predicted molar refractivity (Wildman–Crippen MR) is 72.9 cm³/mol. The van der Waals surface area contributed by atoms with Gasteiger partial charge in [-0.25, -0.2) is 8.78 Å². The van der Waals surface area contributed by atoms with Crippen LogP contribution in [-0.2, 0) is 0 Å². The van der Waals surface area contributed by atoms with Crippen LogP contribution in [-0.4, -0.2) is 17.0 Å². The van der Waals surface area contributed by atoms with E-state index >= 15 is 0 Å². The monoisotopic (exact) mass is 271 g/mol. The van der Waals surface area contributed by atoms with Gasteiger partial charge in [-0.05, 0) is 44.2 Å². The highest BCUT2D eigenvalue weighted by molar-refractivity contribution is 8.00. The minimum Gasteiger partial charge on any atom is -0.309 e. The van der Waals surface area contributed by atoms with Crippen LogP contribution in [0.15, 0.2) is 18.2 Å². The normalized spacial score (nSPS) is 25.3. The van der Waals surface area contributed by atoms with Gasteiger partial charge < -0.3 is 5.32 Å². The zero-order chi connectivity index (χ0) is 13.2. The van der Waals surface area contributed by atoms with Crippen LogP contribution < -0.4 is 5.32 Å². The number of nitrogens with one attached hydrogen (secondary N) is 1. The quantitative estimate of drug-likeness (QED) is 0.891. The Bertz CT molecular complexity index is 396. The van der Waals surface area contributed by atoms with Crippen LogP contribution in [0.4, 0.5) is 8.78 Å². The minimum absolute atomic E-state index is 0.126. The van der Waals surface area contributed by atoms with E-state index in [2.05, 4.69) is 12.2 Å². The summed E-state index contributed by atoms with van der Waals surface area (Å²) in [5, 5.41) is 3.26. The third-order valence-corrected chi connectivity index (χ3v) is 5.15. The average molecular weight is 271 g/mol. The van der Waals surface area contributed by atoms with Gasteiger partial charge in [-0.15, -0.1) is 0 Å². The molecule has 1 aromatic rings. The van der Waals surface area contributed by atoms with E-state index < -0.39 is 11.6 Å². The van der Waals surface area contributed by atoms with Gasteiger partial charge in [0.2, 0.25) is 0 Å². The number of thioether (sulfide) groups is 1. The number of halogens is 2. The minimum atomic E-state index is -0.449. The molecule has 0 bridgehead atoms. The van der Waals surface area contributed by atoms with E-state index in [0.717, 1.165) is 18.6 Å². The molecule has 100 valence electrons. The summed E-state index contributed by atoms with van der Waals surface area (Å²) >= 11 is 1.81. The summed E-state index contributed by atoms with van der Waals surface area (Å²) in [6.07, 6.45) is 2.10. The summed E-state index contributed by atoms with van der Waals surface area (Å²) in [7, 11) is 0. The fourth-order valence-corrected chi connectivity index (χ4v) is 4.05. The zero-order valence-corrected chi connectivity index (χ0v) is 11.6. The van der Waals surface area contributed by atoms with E-state index in [4.69, 9.17) is 0 Å². The summed E-state index contributed by atoms with van der Waals surface area (Å²) in [5.41, 5.74) is 0.191. The van der Waals surface area contributed by atoms with Crippen LogP contribution in [0.2, 0.25) is 0 Å². The van der Waals surface area contributed by atoms with Crippen molar-refractivity contribution in [1.29, 1.82) is 0 Å². The van der Waals surface area contributed by atoms with Crippen LogP contribution in [0.5, 0.6) is 0 Å². The van der Waals surface area contributed by atoms with Crippen LogP contribution >= 0.6 is 11.8 Å². The molecule has 0 aliphatic carbocycles. The second kappa shape index (κ2) is 5.57. The first-order valence-electron chi connectivity index (χ1n) is 6.40. The molecular formula is C14H19F2NS. The van der Waals surface area contributed by atoms with Gasteiger partial charge in [0.1, 0.15) is 11.6 Å². The molecule has 1 aromatic carbocycles. The molecular weight excluding hydrogens is 252 g/mol. The van der Waals surface area contributed by atoms with E-state index in [1.54, 1.807) is 0 Å². The molecule has 18 heavy (non-hydrogen) atoms. The van der Waals surface area contributed by atoms with Crippen LogP contribution in [0.1, 0.15) is 38.3 Å². The number of rotatable bonds is 4. The Kier molecular flexibility index (Phi) is 4.28. The van der Waals surface area contributed by atoms with E-state index in [0.29, 0.717) is 6.54 Å². The van der Waals surface area contributed by atoms with Crippen molar-refractivity contribution < 1.29 is 8.78 Å². The lowest BCUT2D eigenvalue weighted by Gasteiger charge is -2.34. The van der Waals surface area contributed by atoms with E-state index in [1.165, 1.54) is 18.2 Å². The molecule has 1 N–H and O–H groups in total. The summed E-state index contributed by atoms with van der Waals surface area (Å²) in [6.45, 7) is 4.77. The molecule has 1 saturated heterocycles. The van der Waals surface area contributed by atoms with Gasteiger partial charge >= 0.3 is 0 Å². The maximum absolute atomic E-state index is 14.0. The Labute approximate surface area is 111 Å². The maximum Gasteiger partial charge on any atom is 0.130 e. The molecule has 2 rings (SSSR count). The Morgan fingerprint density at radius 1 is 1.39 bits per heavy atom. The Balaban J connectivity index is 2.41. The Hall–Kier alpha value is -0.610. The third-order valence-electron chi connectivity index (χ3n) is 3.56. The first-order chi connectivity index (χ1) is 8.58. The van der Waals surface area contributed by atoms with Crippen molar-refractivity contribution in [3.63, 3.8) is 0 Å². The highest BCUT2D eigenvalue weighted by Crippen LogP contribution is 2.47. The van der Waals surface area contributed by atoms with Crippen molar-refractivity contribution >= 4 is 11.8 Å². The zero-order valence-electron chi connectivity index (χ0n) is 10.8. The highest BCUT2D eigenvalue weighted by atomic mass is 32.2. The fraction of sp³-hybridized carbons (Fsp3) is 0.571. The van der Waals surface area contributed by atoms with Crippen molar-refractivity contribution in [1.82, 2.24) is 5.32 Å². The molecule has 1 aliphatic heterocycles. The SMILES string of the molecule is CCNC(c1c(F)cccc1F)C1(C)CCCS1. The second-order valence-electron chi connectivity index (χ2n) is 4.89. The standard InChI is InChI=1S/C14H19F2NS/c1-3-17-13(14(2)8-5-9-18-14)12-10(15)6-4-7-11(12)16/h4,6-7,13,17H,3,5,8-9H2,1-2H3. The summed E-state index contributed by atoms with van der Waals surface area (Å²) in [6, 6.07) is 3.83. The van der Waals surface area contributed by atoms with Gasteiger partial charge in [0.05, 0.1) is 6.04 Å². The molecule has 4 heteroatoms. The lowest BCUT2D eigenvalue weighted by molar-refractivity contribution is 0.390. The third kappa shape index (κ3) is 2.54. The van der Waals surface area contributed by atoms with Gasteiger partial charge in [-0.1, -0.05) is 13.0 Å². The molecule has 1 aliphatic rings. The highest BCUT2D eigenvalue weighted by Gasteiger charge is 2.40. The summed E-state index contributed by atoms with van der Waals surface area (Å²) < 4.78 is 27.8. The van der Waals surface area contributed by atoms with Gasteiger partial charge in [0.25, 0.3) is 0 Å². The second-order valence-corrected chi connectivity index (χ2v) is 6.52. The van der Waals surface area contributed by atoms with E-state index in [9.17, 15) is 8.78 Å². The van der Waals surface area contributed by atoms with E-state index in [1.807, 2.05) is 18.7 Å². The lowest BCUT2D eigenvalue weighted by atomic mass is 9.89. The predicted octanol–water partition coefficient (Wildman–Crippen LogP) is 3.90. The largest absolute Gasteiger partial charge is 0.309 e. The molecule has 2 unspecified atom stereocenters. The smallest absolute Gasteiger partial charge is 0.130 e. The van der Waals surface area contributed by atoms with E-state index in [-0.39, 0.29) is 16.4 Å². The molecule has 1 fully saturated rings. The molecule has 0 amide bonds. The topological polar surface area (TPSA) is 12.0 Å². The van der Waals surface area contributed by atoms with Gasteiger partial charge in [0, 0.05) is 10.3 Å². The number of benzene rings is 1. The number of hydrogen-bond donors (Lipinski definition) is 1. The Morgan fingerprint density at radius 2 is 2.06 bits per heavy atom. The molecule has 2 atom stereocenters. The van der Waals surface area contributed by atoms with Crippen LogP contribution in [0.25, 0.3) is 0 Å². The number of hydrogen-bond acceptors (Lipinski definition) is 2. The molecule has 0 aromatic heterocycles. The molecule has 1 heterocycles. The van der Waals surface area contributed by atoms with Gasteiger partial charge in [-0.3, -0.25) is 0 Å². The van der Waals surface area contributed by atoms with Crippen molar-refractivity contribution in [3.05, 3.63) is 35.4 Å². The van der Waals surface area contributed by atoms with Crippen molar-refractivity contribution in [2.45, 2.75) is 37.5 Å². The average Bonchev–Trinajstić information content (AvgIpc) is 2.76. The fourth-order valence-electron chi connectivity index (χ4n) is 2.64. The maximum atomic E-state index is 14.0. The van der Waals surface area contributed by atoms with Crippen LogP contribution in [0, 0.1) is 11.6 Å².